The highest BCUT2D eigenvalue weighted by molar-refractivity contribution is 7.49. The van der Waals surface area contributed by atoms with Crippen LogP contribution >= 0.6 is 19.4 Å². The standard InChI is InChI=1S/C27H44ClO8P/c1-18-15-19(17-21(29)33-24(2,3)4)22(27(11,12)13-14-32-23(28)30)20(16-18)34-37(31,35-25(5,6)7)36-26(8,9)10/h15-16H,13-14,17H2,1-12H3. The quantitative estimate of drug-likeness (QED) is 0.160. The lowest BCUT2D eigenvalue weighted by Crippen LogP contribution is -2.28. The van der Waals surface area contributed by atoms with Gasteiger partial charge in [-0.25, -0.2) is 9.36 Å². The van der Waals surface area contributed by atoms with Gasteiger partial charge in [-0.2, -0.15) is 0 Å². The number of phosphoric acid groups is 1. The number of carbonyl (C=O) groups is 2. The van der Waals surface area contributed by atoms with E-state index in [1.807, 2.05) is 26.8 Å². The molecular formula is C27H44ClO8P. The third-order valence-electron chi connectivity index (χ3n) is 4.68. The number of benzene rings is 1. The Morgan fingerprint density at radius 3 is 1.81 bits per heavy atom. The molecule has 0 aliphatic heterocycles. The number of aryl methyl sites for hydroxylation is 1. The van der Waals surface area contributed by atoms with E-state index in [0.29, 0.717) is 17.5 Å². The lowest BCUT2D eigenvalue weighted by Gasteiger charge is -2.34. The minimum Gasteiger partial charge on any atom is -0.460 e. The van der Waals surface area contributed by atoms with Gasteiger partial charge in [-0.1, -0.05) is 19.9 Å². The van der Waals surface area contributed by atoms with Crippen LogP contribution in [-0.4, -0.2) is 34.8 Å². The maximum absolute atomic E-state index is 14.0. The minimum absolute atomic E-state index is 0.0309. The highest BCUT2D eigenvalue weighted by atomic mass is 35.5. The van der Waals surface area contributed by atoms with Gasteiger partial charge < -0.3 is 14.0 Å². The van der Waals surface area contributed by atoms with Crippen LogP contribution in [0.15, 0.2) is 12.1 Å². The van der Waals surface area contributed by atoms with Crippen LogP contribution in [0, 0.1) is 6.92 Å². The predicted molar refractivity (Wildman–Crippen MR) is 145 cm³/mol. The number of carbonyl (C=O) groups excluding carboxylic acids is 2. The molecule has 8 nitrogen and oxygen atoms in total. The highest BCUT2D eigenvalue weighted by Crippen LogP contribution is 2.57. The summed E-state index contributed by atoms with van der Waals surface area (Å²) in [5.41, 5.74) is -1.95. The van der Waals surface area contributed by atoms with E-state index in [9.17, 15) is 14.2 Å². The summed E-state index contributed by atoms with van der Waals surface area (Å²) in [6, 6.07) is 3.59. The van der Waals surface area contributed by atoms with Gasteiger partial charge >= 0.3 is 19.2 Å². The van der Waals surface area contributed by atoms with Crippen molar-refractivity contribution in [3.8, 4) is 5.75 Å². The maximum atomic E-state index is 14.0. The van der Waals surface area contributed by atoms with E-state index in [4.69, 9.17) is 34.6 Å². The molecule has 0 spiro atoms. The third-order valence-corrected chi connectivity index (χ3v) is 6.76. The molecule has 1 aromatic rings. The predicted octanol–water partition coefficient (Wildman–Crippen LogP) is 8.04. The molecule has 0 aromatic heterocycles. The van der Waals surface area contributed by atoms with E-state index in [1.165, 1.54) is 0 Å². The molecule has 0 N–H and O–H groups in total. The van der Waals surface area contributed by atoms with Gasteiger partial charge in [0.15, 0.2) is 0 Å². The van der Waals surface area contributed by atoms with Crippen molar-refractivity contribution in [1.82, 2.24) is 0 Å². The van der Waals surface area contributed by atoms with Crippen LogP contribution in [0.3, 0.4) is 0 Å². The minimum atomic E-state index is -4.15. The number of ether oxygens (including phenoxy) is 2. The maximum Gasteiger partial charge on any atom is 0.531 e. The van der Waals surface area contributed by atoms with Crippen LogP contribution in [0.2, 0.25) is 0 Å². The second kappa shape index (κ2) is 12.1. The number of halogens is 1. The van der Waals surface area contributed by atoms with E-state index in [0.717, 1.165) is 5.56 Å². The average Bonchev–Trinajstić information content (AvgIpc) is 2.54. The summed E-state index contributed by atoms with van der Waals surface area (Å²) in [7, 11) is -4.15. The normalized spacial score (nSPS) is 13.3. The number of hydrogen-bond acceptors (Lipinski definition) is 8. The fraction of sp³-hybridized carbons (Fsp3) is 0.704. The SMILES string of the molecule is Cc1cc(CC(=O)OC(C)(C)C)c(C(C)(C)CCOC(=O)Cl)c(OP(=O)(OC(C)(C)C)OC(C)(C)C)c1. The zero-order valence-electron chi connectivity index (χ0n) is 24.4. The van der Waals surface area contributed by atoms with E-state index >= 15 is 0 Å². The summed E-state index contributed by atoms with van der Waals surface area (Å²) >= 11 is 5.36. The summed E-state index contributed by atoms with van der Waals surface area (Å²) in [4.78, 5) is 24.0. The van der Waals surface area contributed by atoms with Gasteiger partial charge in [0, 0.05) is 17.2 Å². The molecule has 1 aromatic carbocycles. The van der Waals surface area contributed by atoms with E-state index in [1.54, 1.807) is 68.4 Å². The monoisotopic (exact) mass is 562 g/mol. The van der Waals surface area contributed by atoms with Gasteiger partial charge in [0.25, 0.3) is 0 Å². The Kier molecular flexibility index (Phi) is 10.9. The van der Waals surface area contributed by atoms with Crippen LogP contribution in [0.4, 0.5) is 4.79 Å². The smallest absolute Gasteiger partial charge is 0.460 e. The fourth-order valence-electron chi connectivity index (χ4n) is 3.70. The van der Waals surface area contributed by atoms with Crippen molar-refractivity contribution in [3.63, 3.8) is 0 Å². The van der Waals surface area contributed by atoms with Gasteiger partial charge in [0.1, 0.15) is 11.4 Å². The molecule has 0 amide bonds. The van der Waals surface area contributed by atoms with Crippen LogP contribution in [-0.2, 0) is 39.7 Å². The van der Waals surface area contributed by atoms with Gasteiger partial charge in [0.2, 0.25) is 0 Å². The van der Waals surface area contributed by atoms with Crippen LogP contribution in [0.25, 0.3) is 0 Å². The molecule has 0 atom stereocenters. The summed E-state index contributed by atoms with van der Waals surface area (Å²) in [6.07, 6.45) is 0.296. The third kappa shape index (κ3) is 12.7. The number of hydrogen-bond donors (Lipinski definition) is 0. The summed E-state index contributed by atoms with van der Waals surface area (Å²) in [6.45, 7) is 21.6. The Morgan fingerprint density at radius 1 is 0.865 bits per heavy atom. The fourth-order valence-corrected chi connectivity index (χ4v) is 5.61. The molecule has 0 bridgehead atoms. The molecule has 0 aliphatic carbocycles. The lowest BCUT2D eigenvalue weighted by molar-refractivity contribution is -0.153. The van der Waals surface area contributed by atoms with Crippen LogP contribution in [0.5, 0.6) is 5.75 Å². The Bertz CT molecular complexity index is 993. The first-order valence-electron chi connectivity index (χ1n) is 12.3. The number of phosphoric ester groups is 1. The van der Waals surface area contributed by atoms with Crippen molar-refractivity contribution in [2.75, 3.05) is 6.61 Å². The van der Waals surface area contributed by atoms with E-state index in [-0.39, 0.29) is 18.8 Å². The summed E-state index contributed by atoms with van der Waals surface area (Å²) in [5.74, 6) is -0.175. The van der Waals surface area contributed by atoms with Crippen molar-refractivity contribution in [2.45, 2.75) is 118 Å². The molecule has 0 saturated carbocycles. The zero-order chi connectivity index (χ0) is 29.0. The summed E-state index contributed by atoms with van der Waals surface area (Å²) in [5, 5.41) is 0. The largest absolute Gasteiger partial charge is 0.531 e. The molecule has 0 saturated heterocycles. The topological polar surface area (TPSA) is 97.4 Å². The lowest BCUT2D eigenvalue weighted by atomic mass is 9.77. The molecule has 10 heteroatoms. The second-order valence-electron chi connectivity index (χ2n) is 12.7. The molecule has 37 heavy (non-hydrogen) atoms. The van der Waals surface area contributed by atoms with Crippen molar-refractivity contribution in [2.24, 2.45) is 0 Å². The number of rotatable bonds is 10. The number of esters is 1. The molecular weight excluding hydrogens is 519 g/mol. The summed E-state index contributed by atoms with van der Waals surface area (Å²) < 4.78 is 42.3. The Balaban J connectivity index is 3.72. The molecule has 1 rings (SSSR count). The van der Waals surface area contributed by atoms with Crippen molar-refractivity contribution in [1.29, 1.82) is 0 Å². The molecule has 0 fully saturated rings. The molecule has 212 valence electrons. The van der Waals surface area contributed by atoms with Crippen molar-refractivity contribution >= 4 is 30.8 Å². The van der Waals surface area contributed by atoms with Crippen LogP contribution < -0.4 is 4.52 Å². The van der Waals surface area contributed by atoms with E-state index in [2.05, 4.69) is 0 Å². The van der Waals surface area contributed by atoms with Gasteiger partial charge in [-0.05, 0) is 98.3 Å². The second-order valence-corrected chi connectivity index (χ2v) is 14.5. The highest BCUT2D eigenvalue weighted by Gasteiger charge is 2.41. The van der Waals surface area contributed by atoms with Gasteiger partial charge in [0.05, 0.1) is 24.2 Å². The average molecular weight is 563 g/mol. The first kappa shape index (κ1) is 33.4. The zero-order valence-corrected chi connectivity index (χ0v) is 26.0. The van der Waals surface area contributed by atoms with Crippen molar-refractivity contribution in [3.05, 3.63) is 28.8 Å². The Morgan fingerprint density at radius 2 is 1.38 bits per heavy atom. The Hall–Kier alpha value is -1.60. The first-order valence-corrected chi connectivity index (χ1v) is 14.1. The van der Waals surface area contributed by atoms with E-state index < -0.39 is 41.4 Å². The molecule has 0 aliphatic rings. The Labute approximate surface area is 227 Å². The van der Waals surface area contributed by atoms with Crippen LogP contribution in [0.1, 0.15) is 99.3 Å². The first-order chi connectivity index (χ1) is 16.4. The molecule has 0 unspecified atom stereocenters. The van der Waals surface area contributed by atoms with Crippen molar-refractivity contribution < 1.29 is 37.2 Å². The molecule has 0 radical (unpaired) electrons. The molecule has 0 heterocycles. The van der Waals surface area contributed by atoms with Gasteiger partial charge in [-0.15, -0.1) is 0 Å². The van der Waals surface area contributed by atoms with Gasteiger partial charge in [-0.3, -0.25) is 13.8 Å².